The molecule has 0 amide bonds. The van der Waals surface area contributed by atoms with Crippen LogP contribution in [0.3, 0.4) is 0 Å². The first kappa shape index (κ1) is 17.4. The normalized spacial score (nSPS) is 22.9. The summed E-state index contributed by atoms with van der Waals surface area (Å²) in [4.78, 5) is 10.8. The van der Waals surface area contributed by atoms with Gasteiger partial charge in [-0.1, -0.05) is 20.8 Å². The fourth-order valence-electron chi connectivity index (χ4n) is 2.46. The predicted molar refractivity (Wildman–Crippen MR) is 77.5 cm³/mol. The highest BCUT2D eigenvalue weighted by molar-refractivity contribution is 7.87. The van der Waals surface area contributed by atoms with Crippen LogP contribution >= 0.6 is 0 Å². The number of hydrogen-bond acceptors (Lipinski definition) is 3. The molecule has 0 aliphatic carbocycles. The number of rotatable bonds is 7. The van der Waals surface area contributed by atoms with Crippen molar-refractivity contribution in [1.82, 2.24) is 9.03 Å². The fraction of sp³-hybridized carbons (Fsp3) is 0.923. The molecule has 1 heterocycles. The molecule has 20 heavy (non-hydrogen) atoms. The minimum Gasteiger partial charge on any atom is -0.481 e. The lowest BCUT2D eigenvalue weighted by Crippen LogP contribution is -2.47. The summed E-state index contributed by atoms with van der Waals surface area (Å²) in [6.07, 6.45) is 1.78. The van der Waals surface area contributed by atoms with Gasteiger partial charge in [0.05, 0.1) is 0 Å². The van der Waals surface area contributed by atoms with Gasteiger partial charge in [0, 0.05) is 26.1 Å². The molecule has 1 rings (SSSR count). The second-order valence-corrected chi connectivity index (χ2v) is 7.84. The van der Waals surface area contributed by atoms with Crippen LogP contribution in [0.15, 0.2) is 0 Å². The number of hydrogen-bond donors (Lipinski definition) is 2. The third kappa shape index (κ3) is 5.38. The molecule has 2 N–H and O–H groups in total. The third-order valence-electron chi connectivity index (χ3n) is 3.74. The zero-order chi connectivity index (χ0) is 15.3. The van der Waals surface area contributed by atoms with Crippen molar-refractivity contribution in [3.8, 4) is 0 Å². The van der Waals surface area contributed by atoms with E-state index >= 15 is 0 Å². The number of carboxylic acid groups (broad SMARTS) is 1. The Labute approximate surface area is 121 Å². The third-order valence-corrected chi connectivity index (χ3v) is 5.28. The van der Waals surface area contributed by atoms with E-state index in [9.17, 15) is 13.2 Å². The van der Waals surface area contributed by atoms with E-state index in [1.165, 1.54) is 4.31 Å². The lowest BCUT2D eigenvalue weighted by atomic mass is 9.85. The number of piperidine rings is 1. The van der Waals surface area contributed by atoms with E-state index in [-0.39, 0.29) is 24.2 Å². The standard InChI is InChI=1S/C13H26N2O4S/c1-10(2)8-14-20(18,19)15-6-4-5-12(9-15)11(3)7-13(16)17/h10-12,14H,4-9H2,1-3H3,(H,16,17). The highest BCUT2D eigenvalue weighted by Crippen LogP contribution is 2.27. The summed E-state index contributed by atoms with van der Waals surface area (Å²) >= 11 is 0. The van der Waals surface area contributed by atoms with Gasteiger partial charge in [0.1, 0.15) is 0 Å². The van der Waals surface area contributed by atoms with Crippen molar-refractivity contribution in [2.24, 2.45) is 17.8 Å². The number of nitrogens with zero attached hydrogens (tertiary/aromatic N) is 1. The topological polar surface area (TPSA) is 86.7 Å². The van der Waals surface area contributed by atoms with Crippen molar-refractivity contribution < 1.29 is 18.3 Å². The quantitative estimate of drug-likeness (QED) is 0.742. The first-order chi connectivity index (χ1) is 9.22. The molecule has 118 valence electrons. The molecule has 0 saturated carbocycles. The van der Waals surface area contributed by atoms with E-state index in [4.69, 9.17) is 5.11 Å². The Morgan fingerprint density at radius 3 is 2.60 bits per heavy atom. The van der Waals surface area contributed by atoms with Crippen molar-refractivity contribution in [2.45, 2.75) is 40.0 Å². The van der Waals surface area contributed by atoms with E-state index in [2.05, 4.69) is 4.72 Å². The van der Waals surface area contributed by atoms with Gasteiger partial charge in [-0.3, -0.25) is 4.79 Å². The summed E-state index contributed by atoms with van der Waals surface area (Å²) in [6.45, 7) is 7.16. The Morgan fingerprint density at radius 1 is 1.40 bits per heavy atom. The second-order valence-electron chi connectivity index (χ2n) is 6.08. The van der Waals surface area contributed by atoms with Gasteiger partial charge in [-0.2, -0.15) is 12.7 Å². The summed E-state index contributed by atoms with van der Waals surface area (Å²) in [5.74, 6) is -0.446. The Morgan fingerprint density at radius 2 is 2.05 bits per heavy atom. The van der Waals surface area contributed by atoms with Gasteiger partial charge in [-0.15, -0.1) is 0 Å². The van der Waals surface area contributed by atoms with Crippen molar-refractivity contribution in [1.29, 1.82) is 0 Å². The average Bonchev–Trinajstić information content (AvgIpc) is 2.36. The van der Waals surface area contributed by atoms with Crippen LogP contribution in [0.2, 0.25) is 0 Å². The van der Waals surface area contributed by atoms with Gasteiger partial charge in [0.15, 0.2) is 0 Å². The molecule has 7 heteroatoms. The van der Waals surface area contributed by atoms with Crippen LogP contribution in [0.4, 0.5) is 0 Å². The summed E-state index contributed by atoms with van der Waals surface area (Å²) in [7, 11) is -3.44. The zero-order valence-corrected chi connectivity index (χ0v) is 13.3. The number of carbonyl (C=O) groups is 1. The number of carboxylic acids is 1. The van der Waals surface area contributed by atoms with Gasteiger partial charge >= 0.3 is 5.97 Å². The minimum atomic E-state index is -3.44. The maximum Gasteiger partial charge on any atom is 0.303 e. The molecule has 1 fully saturated rings. The molecule has 0 radical (unpaired) electrons. The Kier molecular flexibility index (Phi) is 6.42. The molecule has 0 aromatic rings. The maximum absolute atomic E-state index is 12.2. The van der Waals surface area contributed by atoms with E-state index in [1.54, 1.807) is 0 Å². The molecule has 0 spiro atoms. The lowest BCUT2D eigenvalue weighted by Gasteiger charge is -2.34. The smallest absolute Gasteiger partial charge is 0.303 e. The van der Waals surface area contributed by atoms with Crippen molar-refractivity contribution in [3.63, 3.8) is 0 Å². The molecule has 0 bridgehead atoms. The Hall–Kier alpha value is -0.660. The first-order valence-corrected chi connectivity index (χ1v) is 8.63. The summed E-state index contributed by atoms with van der Waals surface area (Å²) in [5.41, 5.74) is 0. The second kappa shape index (κ2) is 7.38. The van der Waals surface area contributed by atoms with Gasteiger partial charge in [-0.05, 0) is 30.6 Å². The predicted octanol–water partition coefficient (Wildman–Crippen LogP) is 1.30. The van der Waals surface area contributed by atoms with Gasteiger partial charge < -0.3 is 5.11 Å². The van der Waals surface area contributed by atoms with E-state index in [1.807, 2.05) is 20.8 Å². The van der Waals surface area contributed by atoms with Crippen molar-refractivity contribution >= 4 is 16.2 Å². The molecule has 0 aromatic heterocycles. The van der Waals surface area contributed by atoms with Crippen LogP contribution in [0, 0.1) is 17.8 Å². The summed E-state index contributed by atoms with van der Waals surface area (Å²) < 4.78 is 28.4. The average molecular weight is 306 g/mol. The summed E-state index contributed by atoms with van der Waals surface area (Å²) in [6, 6.07) is 0. The highest BCUT2D eigenvalue weighted by atomic mass is 32.2. The molecule has 0 aromatic carbocycles. The van der Waals surface area contributed by atoms with Crippen LogP contribution in [-0.4, -0.2) is 43.4 Å². The lowest BCUT2D eigenvalue weighted by molar-refractivity contribution is -0.138. The van der Waals surface area contributed by atoms with Gasteiger partial charge in [0.2, 0.25) is 0 Å². The van der Waals surface area contributed by atoms with E-state index in [0.29, 0.717) is 19.6 Å². The van der Waals surface area contributed by atoms with Crippen LogP contribution < -0.4 is 4.72 Å². The van der Waals surface area contributed by atoms with Crippen LogP contribution in [0.5, 0.6) is 0 Å². The van der Waals surface area contributed by atoms with Crippen LogP contribution in [0.1, 0.15) is 40.0 Å². The van der Waals surface area contributed by atoms with Crippen molar-refractivity contribution in [3.05, 3.63) is 0 Å². The molecule has 2 unspecified atom stereocenters. The van der Waals surface area contributed by atoms with Crippen LogP contribution in [0.25, 0.3) is 0 Å². The SMILES string of the molecule is CC(C)CNS(=O)(=O)N1CCCC(C(C)CC(=O)O)C1. The number of nitrogens with one attached hydrogen (secondary N) is 1. The van der Waals surface area contributed by atoms with E-state index in [0.717, 1.165) is 12.8 Å². The largest absolute Gasteiger partial charge is 0.481 e. The molecule has 2 atom stereocenters. The minimum absolute atomic E-state index is 0.00408. The number of aliphatic carboxylic acids is 1. The fourth-order valence-corrected chi connectivity index (χ4v) is 3.95. The Balaban J connectivity index is 2.61. The monoisotopic (exact) mass is 306 g/mol. The molecule has 6 nitrogen and oxygen atoms in total. The van der Waals surface area contributed by atoms with Crippen LogP contribution in [-0.2, 0) is 15.0 Å². The maximum atomic E-state index is 12.2. The summed E-state index contributed by atoms with van der Waals surface area (Å²) in [5, 5.41) is 8.84. The Bertz CT molecular complexity index is 422. The van der Waals surface area contributed by atoms with Gasteiger partial charge in [0.25, 0.3) is 10.2 Å². The van der Waals surface area contributed by atoms with Gasteiger partial charge in [-0.25, -0.2) is 4.72 Å². The zero-order valence-electron chi connectivity index (χ0n) is 12.5. The van der Waals surface area contributed by atoms with Crippen molar-refractivity contribution in [2.75, 3.05) is 19.6 Å². The molecular weight excluding hydrogens is 280 g/mol. The molecular formula is C13H26N2O4S. The first-order valence-electron chi connectivity index (χ1n) is 7.19. The highest BCUT2D eigenvalue weighted by Gasteiger charge is 2.31. The molecule has 1 aliphatic rings. The molecule has 1 aliphatic heterocycles. The molecule has 1 saturated heterocycles. The van der Waals surface area contributed by atoms with E-state index < -0.39 is 16.2 Å².